The highest BCUT2D eigenvalue weighted by atomic mass is 16.5. The number of cyclic esters (lactones) is 1. The Bertz CT molecular complexity index is 724. The van der Waals surface area contributed by atoms with Crippen molar-refractivity contribution >= 4 is 5.97 Å². The maximum atomic E-state index is 11.6. The molecule has 0 saturated carbocycles. The number of ether oxygens (including phenoxy) is 2. The molecule has 2 rings (SSSR count). The van der Waals surface area contributed by atoms with Crippen molar-refractivity contribution in [3.8, 4) is 0 Å². The third-order valence-corrected chi connectivity index (χ3v) is 9.53. The van der Waals surface area contributed by atoms with Crippen LogP contribution in [0, 0.1) is 0 Å². The van der Waals surface area contributed by atoms with Crippen molar-refractivity contribution in [3.63, 3.8) is 0 Å². The molecule has 2 heterocycles. The average molecular weight is 609 g/mol. The van der Waals surface area contributed by atoms with Crippen molar-refractivity contribution in [1.29, 1.82) is 0 Å². The minimum Gasteiger partial charge on any atom is -0.455 e. The van der Waals surface area contributed by atoms with Crippen LogP contribution in [-0.4, -0.2) is 57.9 Å². The molecule has 1 unspecified atom stereocenters. The summed E-state index contributed by atoms with van der Waals surface area (Å²) in [7, 11) is 0. The minimum absolute atomic E-state index is 0.0949. The van der Waals surface area contributed by atoms with Crippen LogP contribution in [0.15, 0.2) is 11.6 Å². The summed E-state index contributed by atoms with van der Waals surface area (Å²) in [5, 5.41) is 31.4. The third-order valence-electron chi connectivity index (χ3n) is 9.53. The van der Waals surface area contributed by atoms with Gasteiger partial charge in [-0.15, -0.1) is 0 Å². The van der Waals surface area contributed by atoms with Gasteiger partial charge >= 0.3 is 5.97 Å². The molecule has 1 fully saturated rings. The van der Waals surface area contributed by atoms with Crippen LogP contribution in [0.3, 0.4) is 0 Å². The topological polar surface area (TPSA) is 96.2 Å². The molecule has 6 nitrogen and oxygen atoms in total. The normalized spacial score (nSPS) is 22.5. The average Bonchev–Trinajstić information content (AvgIpc) is 3.60. The molecule has 0 aromatic heterocycles. The second-order valence-electron chi connectivity index (χ2n) is 13.7. The maximum absolute atomic E-state index is 11.6. The first-order chi connectivity index (χ1) is 20.9. The molecule has 252 valence electrons. The Balaban J connectivity index is 1.34. The molecule has 0 radical (unpaired) electrons. The Morgan fingerprint density at radius 3 is 1.44 bits per heavy atom. The maximum Gasteiger partial charge on any atom is 0.334 e. The molecule has 1 saturated heterocycles. The van der Waals surface area contributed by atoms with Crippen LogP contribution in [0.1, 0.15) is 181 Å². The Morgan fingerprint density at radius 2 is 1.05 bits per heavy atom. The molecule has 6 heteroatoms. The van der Waals surface area contributed by atoms with E-state index < -0.39 is 12.2 Å². The lowest BCUT2D eigenvalue weighted by molar-refractivity contribution is -0.139. The fourth-order valence-electron chi connectivity index (χ4n) is 6.75. The summed E-state index contributed by atoms with van der Waals surface area (Å²) in [5.74, 6) is -0.273. The zero-order valence-electron chi connectivity index (χ0n) is 28.0. The van der Waals surface area contributed by atoms with Crippen LogP contribution in [-0.2, 0) is 14.3 Å². The molecule has 43 heavy (non-hydrogen) atoms. The van der Waals surface area contributed by atoms with E-state index in [9.17, 15) is 20.1 Å². The highest BCUT2D eigenvalue weighted by Crippen LogP contribution is 2.28. The highest BCUT2D eigenvalue weighted by molar-refractivity contribution is 5.90. The van der Waals surface area contributed by atoms with E-state index in [-0.39, 0.29) is 30.4 Å². The number of aliphatic hydroxyl groups is 3. The molecule has 0 aliphatic carbocycles. The summed E-state index contributed by atoms with van der Waals surface area (Å²) in [6.45, 7) is 4.11. The Labute approximate surface area is 264 Å². The smallest absolute Gasteiger partial charge is 0.334 e. The summed E-state index contributed by atoms with van der Waals surface area (Å²) < 4.78 is 11.2. The number of hydrogen-bond acceptors (Lipinski definition) is 6. The van der Waals surface area contributed by atoms with Crippen LogP contribution >= 0.6 is 0 Å². The van der Waals surface area contributed by atoms with Gasteiger partial charge in [0.1, 0.15) is 6.10 Å². The Hall–Kier alpha value is -0.950. The molecule has 0 amide bonds. The van der Waals surface area contributed by atoms with E-state index in [0.717, 1.165) is 64.2 Å². The van der Waals surface area contributed by atoms with Gasteiger partial charge in [0.15, 0.2) is 0 Å². The predicted molar refractivity (Wildman–Crippen MR) is 176 cm³/mol. The summed E-state index contributed by atoms with van der Waals surface area (Å²) in [5.41, 5.74) is 0.625. The number of esters is 1. The number of hydrogen-bond donors (Lipinski definition) is 3. The van der Waals surface area contributed by atoms with E-state index in [4.69, 9.17) is 9.47 Å². The standard InChI is InChI=1S/C37H68O6/c1-3-4-5-6-7-8-12-15-18-21-24-33(39)35-26-27-36(43-35)34(40)25-22-19-16-13-10-9-11-14-17-20-23-32(38)29-31-28-30(2)42-37(31)41/h28,30,32-36,38-40H,3-27,29H2,1-2H3/t30-,32?,33+,34-,35-,36-/m0/s1. The minimum atomic E-state index is -0.449. The lowest BCUT2D eigenvalue weighted by atomic mass is 10.00. The molecule has 0 aromatic rings. The number of aliphatic hydroxyl groups excluding tert-OH is 3. The summed E-state index contributed by atoms with van der Waals surface area (Å²) >= 11 is 0. The van der Waals surface area contributed by atoms with Gasteiger partial charge in [-0.1, -0.05) is 135 Å². The molecule has 3 N–H and O–H groups in total. The lowest BCUT2D eigenvalue weighted by Gasteiger charge is -2.22. The SMILES string of the molecule is CCCCCCCCCCCC[C@@H](O)[C@@H]1CC[C@@H]([C@@H](O)CCCCCCCCCCCCC(O)CC2=C[C@H](C)OC2=O)O1. The summed E-state index contributed by atoms with van der Waals surface area (Å²) in [4.78, 5) is 11.6. The third kappa shape index (κ3) is 18.0. The quantitative estimate of drug-likeness (QED) is 0.0606. The van der Waals surface area contributed by atoms with Gasteiger partial charge in [0.2, 0.25) is 0 Å². The van der Waals surface area contributed by atoms with Crippen LogP contribution in [0.2, 0.25) is 0 Å². The first-order valence-electron chi connectivity index (χ1n) is 18.5. The van der Waals surface area contributed by atoms with Gasteiger partial charge in [0.25, 0.3) is 0 Å². The second kappa shape index (κ2) is 24.3. The predicted octanol–water partition coefficient (Wildman–Crippen LogP) is 8.87. The van der Waals surface area contributed by atoms with E-state index in [1.807, 2.05) is 13.0 Å². The lowest BCUT2D eigenvalue weighted by Crippen LogP contribution is -2.31. The van der Waals surface area contributed by atoms with E-state index in [1.54, 1.807) is 0 Å². The molecule has 0 aromatic carbocycles. The van der Waals surface area contributed by atoms with Gasteiger partial charge in [-0.3, -0.25) is 0 Å². The second-order valence-corrected chi connectivity index (χ2v) is 13.7. The van der Waals surface area contributed by atoms with E-state index in [2.05, 4.69) is 6.92 Å². The van der Waals surface area contributed by atoms with Crippen molar-refractivity contribution in [2.75, 3.05) is 0 Å². The molecule has 2 aliphatic heterocycles. The number of carbonyl (C=O) groups is 1. The molecule has 2 aliphatic rings. The molecular weight excluding hydrogens is 540 g/mol. The van der Waals surface area contributed by atoms with Crippen molar-refractivity contribution in [2.45, 2.75) is 217 Å². The largest absolute Gasteiger partial charge is 0.455 e. The zero-order valence-corrected chi connectivity index (χ0v) is 28.0. The highest BCUT2D eigenvalue weighted by Gasteiger charge is 2.34. The number of rotatable bonds is 28. The monoisotopic (exact) mass is 609 g/mol. The molecular formula is C37H68O6. The van der Waals surface area contributed by atoms with E-state index in [0.29, 0.717) is 12.0 Å². The van der Waals surface area contributed by atoms with E-state index >= 15 is 0 Å². The molecule has 0 bridgehead atoms. The van der Waals surface area contributed by atoms with Crippen LogP contribution in [0.25, 0.3) is 0 Å². The fraction of sp³-hybridized carbons (Fsp3) is 0.919. The van der Waals surface area contributed by atoms with E-state index in [1.165, 1.54) is 96.3 Å². The van der Waals surface area contributed by atoms with Crippen molar-refractivity contribution in [1.82, 2.24) is 0 Å². The van der Waals surface area contributed by atoms with Crippen molar-refractivity contribution in [3.05, 3.63) is 11.6 Å². The van der Waals surface area contributed by atoms with Gasteiger partial charge in [0, 0.05) is 12.0 Å². The Morgan fingerprint density at radius 1 is 0.651 bits per heavy atom. The Kier molecular flexibility index (Phi) is 21.6. The van der Waals surface area contributed by atoms with Crippen LogP contribution < -0.4 is 0 Å². The summed E-state index contributed by atoms with van der Waals surface area (Å²) in [6.07, 6.45) is 29.6. The molecule has 0 spiro atoms. The zero-order chi connectivity index (χ0) is 31.1. The molecule has 6 atom stereocenters. The van der Waals surface area contributed by atoms with Gasteiger partial charge in [-0.05, 0) is 45.1 Å². The fourth-order valence-corrected chi connectivity index (χ4v) is 6.75. The van der Waals surface area contributed by atoms with Gasteiger partial charge in [-0.25, -0.2) is 4.79 Å². The van der Waals surface area contributed by atoms with Crippen LogP contribution in [0.5, 0.6) is 0 Å². The van der Waals surface area contributed by atoms with Gasteiger partial charge < -0.3 is 24.8 Å². The van der Waals surface area contributed by atoms with Crippen molar-refractivity contribution < 1.29 is 29.6 Å². The summed E-state index contributed by atoms with van der Waals surface area (Å²) in [6, 6.07) is 0. The number of unbranched alkanes of at least 4 members (excludes halogenated alkanes) is 18. The first-order valence-corrected chi connectivity index (χ1v) is 18.5. The number of carbonyl (C=O) groups excluding carboxylic acids is 1. The van der Waals surface area contributed by atoms with Crippen LogP contribution in [0.4, 0.5) is 0 Å². The van der Waals surface area contributed by atoms with Gasteiger partial charge in [0.05, 0.1) is 30.5 Å². The van der Waals surface area contributed by atoms with Crippen molar-refractivity contribution in [2.24, 2.45) is 0 Å². The van der Waals surface area contributed by atoms with Gasteiger partial charge in [-0.2, -0.15) is 0 Å². The first kappa shape index (κ1) is 38.2.